The van der Waals surface area contributed by atoms with Gasteiger partial charge in [-0.2, -0.15) is 5.10 Å². The van der Waals surface area contributed by atoms with Crippen LogP contribution in [0.25, 0.3) is 0 Å². The molecule has 1 aromatic heterocycles. The molecule has 0 aliphatic rings. The van der Waals surface area contributed by atoms with E-state index in [1.54, 1.807) is 12.1 Å². The molecule has 1 heterocycles. The Hall–Kier alpha value is -2.05. The van der Waals surface area contributed by atoms with Gasteiger partial charge in [-0.3, -0.25) is 9.59 Å². The molecule has 0 aliphatic heterocycles. The summed E-state index contributed by atoms with van der Waals surface area (Å²) >= 11 is 11.7. The number of amides is 1. The van der Waals surface area contributed by atoms with Crippen LogP contribution in [0.3, 0.4) is 0 Å². The Morgan fingerprint density at radius 1 is 1.30 bits per heavy atom. The van der Waals surface area contributed by atoms with Crippen molar-refractivity contribution in [2.45, 2.75) is 6.54 Å². The van der Waals surface area contributed by atoms with Crippen LogP contribution in [-0.4, -0.2) is 26.8 Å². The second-order valence-electron chi connectivity index (χ2n) is 3.85. The normalized spacial score (nSPS) is 10.3. The number of anilines is 1. The van der Waals surface area contributed by atoms with Crippen LogP contribution in [0.5, 0.6) is 0 Å². The number of hydrogen-bond donors (Lipinski definition) is 2. The number of carbonyl (C=O) groups excluding carboxylic acids is 1. The Labute approximate surface area is 123 Å². The van der Waals surface area contributed by atoms with Crippen molar-refractivity contribution in [3.05, 3.63) is 46.2 Å². The number of halogens is 2. The van der Waals surface area contributed by atoms with Crippen molar-refractivity contribution in [3.8, 4) is 0 Å². The molecular formula is C12H9Cl2N3O3. The Morgan fingerprint density at radius 2 is 2.05 bits per heavy atom. The van der Waals surface area contributed by atoms with Crippen molar-refractivity contribution >= 4 is 40.8 Å². The highest BCUT2D eigenvalue weighted by Crippen LogP contribution is 2.25. The molecule has 2 N–H and O–H groups in total. The van der Waals surface area contributed by atoms with Crippen molar-refractivity contribution < 1.29 is 14.7 Å². The maximum Gasteiger partial charge on any atom is 0.325 e. The van der Waals surface area contributed by atoms with Crippen LogP contribution in [-0.2, 0) is 11.3 Å². The number of nitrogens with one attached hydrogen (secondary N) is 1. The van der Waals surface area contributed by atoms with Gasteiger partial charge in [-0.05, 0) is 24.3 Å². The van der Waals surface area contributed by atoms with Crippen molar-refractivity contribution in [3.63, 3.8) is 0 Å². The number of hydrogen-bond acceptors (Lipinski definition) is 3. The maximum absolute atomic E-state index is 12.1. The van der Waals surface area contributed by atoms with E-state index < -0.39 is 18.4 Å². The zero-order valence-corrected chi connectivity index (χ0v) is 11.5. The molecule has 2 aromatic rings. The van der Waals surface area contributed by atoms with E-state index in [2.05, 4.69) is 10.4 Å². The van der Waals surface area contributed by atoms with Gasteiger partial charge in [-0.1, -0.05) is 23.2 Å². The Balaban J connectivity index is 2.20. The van der Waals surface area contributed by atoms with Gasteiger partial charge in [0, 0.05) is 11.2 Å². The van der Waals surface area contributed by atoms with E-state index in [1.165, 1.54) is 18.3 Å². The Morgan fingerprint density at radius 3 is 2.70 bits per heavy atom. The highest BCUT2D eigenvalue weighted by Gasteiger charge is 2.15. The van der Waals surface area contributed by atoms with E-state index in [1.807, 2.05) is 0 Å². The van der Waals surface area contributed by atoms with Crippen LogP contribution >= 0.6 is 23.2 Å². The summed E-state index contributed by atoms with van der Waals surface area (Å²) in [5.74, 6) is -1.60. The number of benzene rings is 1. The molecule has 0 unspecified atom stereocenters. The first-order valence-corrected chi connectivity index (χ1v) is 6.23. The monoisotopic (exact) mass is 313 g/mol. The predicted molar refractivity (Wildman–Crippen MR) is 74.3 cm³/mol. The van der Waals surface area contributed by atoms with Crippen molar-refractivity contribution in [1.82, 2.24) is 9.78 Å². The summed E-state index contributed by atoms with van der Waals surface area (Å²) < 4.78 is 1.08. The van der Waals surface area contributed by atoms with E-state index in [9.17, 15) is 9.59 Å². The summed E-state index contributed by atoms with van der Waals surface area (Å²) in [6, 6.07) is 6.05. The molecule has 0 bridgehead atoms. The fourth-order valence-corrected chi connectivity index (χ4v) is 2.01. The molecule has 0 spiro atoms. The van der Waals surface area contributed by atoms with Gasteiger partial charge in [0.05, 0.1) is 10.7 Å². The summed E-state index contributed by atoms with van der Waals surface area (Å²) in [4.78, 5) is 22.7. The number of carbonyl (C=O) groups is 2. The smallest absolute Gasteiger partial charge is 0.325 e. The molecule has 6 nitrogen and oxygen atoms in total. The quantitative estimate of drug-likeness (QED) is 0.908. The minimum Gasteiger partial charge on any atom is -0.480 e. The first-order chi connectivity index (χ1) is 9.47. The highest BCUT2D eigenvalue weighted by atomic mass is 35.5. The molecule has 0 radical (unpaired) electrons. The van der Waals surface area contributed by atoms with Gasteiger partial charge < -0.3 is 10.4 Å². The van der Waals surface area contributed by atoms with Crippen LogP contribution in [0.1, 0.15) is 10.5 Å². The molecule has 1 aromatic carbocycles. The van der Waals surface area contributed by atoms with Gasteiger partial charge in [-0.25, -0.2) is 4.68 Å². The average molecular weight is 314 g/mol. The molecule has 104 valence electrons. The maximum atomic E-state index is 12.1. The molecule has 0 saturated heterocycles. The topological polar surface area (TPSA) is 84.2 Å². The molecular weight excluding hydrogens is 305 g/mol. The first kappa shape index (κ1) is 14.4. The molecule has 1 amide bonds. The Bertz CT molecular complexity index is 670. The summed E-state index contributed by atoms with van der Waals surface area (Å²) in [6.45, 7) is -0.399. The highest BCUT2D eigenvalue weighted by molar-refractivity contribution is 6.36. The van der Waals surface area contributed by atoms with Gasteiger partial charge in [0.1, 0.15) is 12.2 Å². The predicted octanol–water partition coefficient (Wildman–Crippen LogP) is 2.53. The standard InChI is InChI=1S/C12H9Cl2N3O3/c13-7-1-2-9(8(14)5-7)16-12(20)10-3-4-15-17(10)6-11(18)19/h1-5H,6H2,(H,16,20)(H,18,19). The second-order valence-corrected chi connectivity index (χ2v) is 4.69. The lowest BCUT2D eigenvalue weighted by atomic mass is 10.3. The van der Waals surface area contributed by atoms with Crippen LogP contribution in [0, 0.1) is 0 Å². The van der Waals surface area contributed by atoms with E-state index in [0.29, 0.717) is 10.7 Å². The molecule has 0 aliphatic carbocycles. The fraction of sp³-hybridized carbons (Fsp3) is 0.0833. The number of carboxylic acids is 1. The zero-order chi connectivity index (χ0) is 14.7. The number of carboxylic acid groups (broad SMARTS) is 1. The molecule has 2 rings (SSSR count). The fourth-order valence-electron chi connectivity index (χ4n) is 1.56. The molecule has 20 heavy (non-hydrogen) atoms. The van der Waals surface area contributed by atoms with Gasteiger partial charge in [-0.15, -0.1) is 0 Å². The van der Waals surface area contributed by atoms with Crippen molar-refractivity contribution in [1.29, 1.82) is 0 Å². The summed E-state index contributed by atoms with van der Waals surface area (Å²) in [7, 11) is 0. The van der Waals surface area contributed by atoms with Gasteiger partial charge in [0.15, 0.2) is 0 Å². The number of aromatic nitrogens is 2. The van der Waals surface area contributed by atoms with Gasteiger partial charge in [0.25, 0.3) is 5.91 Å². The van der Waals surface area contributed by atoms with Crippen LogP contribution in [0.15, 0.2) is 30.5 Å². The van der Waals surface area contributed by atoms with E-state index >= 15 is 0 Å². The van der Waals surface area contributed by atoms with Crippen molar-refractivity contribution in [2.75, 3.05) is 5.32 Å². The number of nitrogens with zero attached hydrogens (tertiary/aromatic N) is 2. The number of aliphatic carboxylic acids is 1. The minimum atomic E-state index is -1.09. The Kier molecular flexibility index (Phi) is 4.26. The van der Waals surface area contributed by atoms with E-state index in [0.717, 1.165) is 4.68 Å². The van der Waals surface area contributed by atoms with Gasteiger partial charge in [0.2, 0.25) is 0 Å². The van der Waals surface area contributed by atoms with E-state index in [-0.39, 0.29) is 10.7 Å². The lowest BCUT2D eigenvalue weighted by Gasteiger charge is -2.08. The molecule has 0 fully saturated rings. The molecule has 0 atom stereocenters. The largest absolute Gasteiger partial charge is 0.480 e. The average Bonchev–Trinajstić information content (AvgIpc) is 2.80. The van der Waals surface area contributed by atoms with Crippen molar-refractivity contribution in [2.24, 2.45) is 0 Å². The zero-order valence-electron chi connectivity index (χ0n) is 10.0. The molecule has 0 saturated carbocycles. The minimum absolute atomic E-state index is 0.124. The van der Waals surface area contributed by atoms with Crippen LogP contribution in [0.4, 0.5) is 5.69 Å². The summed E-state index contributed by atoms with van der Waals surface area (Å²) in [5, 5.41) is 15.8. The first-order valence-electron chi connectivity index (χ1n) is 5.47. The SMILES string of the molecule is O=C(O)Cn1nccc1C(=O)Nc1ccc(Cl)cc1Cl. The van der Waals surface area contributed by atoms with Gasteiger partial charge >= 0.3 is 5.97 Å². The third kappa shape index (κ3) is 3.28. The third-order valence-corrected chi connectivity index (χ3v) is 2.96. The summed E-state index contributed by atoms with van der Waals surface area (Å²) in [5.41, 5.74) is 0.502. The molecule has 8 heteroatoms. The van der Waals surface area contributed by atoms with E-state index in [4.69, 9.17) is 28.3 Å². The summed E-state index contributed by atoms with van der Waals surface area (Å²) in [6.07, 6.45) is 1.35. The second kappa shape index (κ2) is 5.94. The lowest BCUT2D eigenvalue weighted by Crippen LogP contribution is -2.20. The third-order valence-electron chi connectivity index (χ3n) is 2.41. The van der Waals surface area contributed by atoms with Crippen LogP contribution in [0.2, 0.25) is 10.0 Å². The van der Waals surface area contributed by atoms with Crippen LogP contribution < -0.4 is 5.32 Å². The number of rotatable bonds is 4. The lowest BCUT2D eigenvalue weighted by molar-refractivity contribution is -0.137.